The molecule has 0 saturated heterocycles. The molecule has 0 aliphatic heterocycles. The Morgan fingerprint density at radius 2 is 1.82 bits per heavy atom. The van der Waals surface area contributed by atoms with Crippen LogP contribution in [0.2, 0.25) is 0 Å². The van der Waals surface area contributed by atoms with Gasteiger partial charge in [-0.3, -0.25) is 4.79 Å². The van der Waals surface area contributed by atoms with Crippen molar-refractivity contribution in [2.75, 3.05) is 0 Å². The summed E-state index contributed by atoms with van der Waals surface area (Å²) in [7, 11) is 2.08. The van der Waals surface area contributed by atoms with Crippen LogP contribution in [0.15, 0.2) is 18.2 Å². The number of aryl methyl sites for hydroxylation is 2. The highest BCUT2D eigenvalue weighted by Gasteiger charge is 2.17. The molecule has 1 fully saturated rings. The lowest BCUT2D eigenvalue weighted by Crippen LogP contribution is -2.34. The molecule has 0 radical (unpaired) electrons. The molecule has 3 nitrogen and oxygen atoms in total. The number of nitrogens with zero attached hydrogens (tertiary/aromatic N) is 1. The molecule has 1 aromatic heterocycles. The van der Waals surface area contributed by atoms with Crippen LogP contribution in [-0.4, -0.2) is 16.5 Å². The van der Waals surface area contributed by atoms with Crippen molar-refractivity contribution in [3.05, 3.63) is 35.0 Å². The van der Waals surface area contributed by atoms with Crippen molar-refractivity contribution in [3.8, 4) is 0 Å². The molecule has 1 amide bonds. The van der Waals surface area contributed by atoms with E-state index >= 15 is 0 Å². The summed E-state index contributed by atoms with van der Waals surface area (Å²) >= 11 is 0. The Morgan fingerprint density at radius 1 is 1.14 bits per heavy atom. The van der Waals surface area contributed by atoms with Gasteiger partial charge in [0.1, 0.15) is 0 Å². The van der Waals surface area contributed by atoms with Gasteiger partial charge in [-0.05, 0) is 50.5 Å². The van der Waals surface area contributed by atoms with Crippen molar-refractivity contribution in [1.82, 2.24) is 9.88 Å². The number of amides is 1. The van der Waals surface area contributed by atoms with E-state index in [1.54, 1.807) is 0 Å². The van der Waals surface area contributed by atoms with Crippen LogP contribution in [0.3, 0.4) is 0 Å². The molecule has 3 rings (SSSR count). The second kappa shape index (κ2) is 6.15. The zero-order valence-corrected chi connectivity index (χ0v) is 13.9. The summed E-state index contributed by atoms with van der Waals surface area (Å²) in [5.41, 5.74) is 4.50. The van der Waals surface area contributed by atoms with Gasteiger partial charge < -0.3 is 9.88 Å². The summed E-state index contributed by atoms with van der Waals surface area (Å²) in [5.74, 6) is 0.0784. The second-order valence-electron chi connectivity index (χ2n) is 6.66. The predicted octanol–water partition coefficient (Wildman–Crippen LogP) is 4.25. The van der Waals surface area contributed by atoms with Crippen molar-refractivity contribution >= 4 is 16.8 Å². The van der Waals surface area contributed by atoms with E-state index in [2.05, 4.69) is 36.8 Å². The summed E-state index contributed by atoms with van der Waals surface area (Å²) < 4.78 is 2.19. The standard InChI is InChI=1S/C19H26N2O/c1-13-14(2)21(3)18-11-10-15(12-17(13)18)19(22)20-16-8-6-4-5-7-9-16/h10-12,16H,4-9H2,1-3H3,(H,20,22). The minimum atomic E-state index is 0.0784. The molecule has 1 N–H and O–H groups in total. The normalized spacial score (nSPS) is 16.7. The molecule has 1 aromatic carbocycles. The lowest BCUT2D eigenvalue weighted by Gasteiger charge is -2.16. The van der Waals surface area contributed by atoms with Crippen molar-refractivity contribution in [2.24, 2.45) is 7.05 Å². The first-order chi connectivity index (χ1) is 10.6. The van der Waals surface area contributed by atoms with E-state index in [0.29, 0.717) is 6.04 Å². The summed E-state index contributed by atoms with van der Waals surface area (Å²) in [6.45, 7) is 4.26. The molecule has 2 aromatic rings. The predicted molar refractivity (Wildman–Crippen MR) is 91.3 cm³/mol. The molecule has 0 spiro atoms. The highest BCUT2D eigenvalue weighted by atomic mass is 16.1. The van der Waals surface area contributed by atoms with Crippen LogP contribution in [0.4, 0.5) is 0 Å². The number of benzene rings is 1. The van der Waals surface area contributed by atoms with E-state index in [1.807, 2.05) is 12.1 Å². The Labute approximate surface area is 132 Å². The topological polar surface area (TPSA) is 34.0 Å². The van der Waals surface area contributed by atoms with Crippen LogP contribution in [0, 0.1) is 13.8 Å². The number of hydrogen-bond acceptors (Lipinski definition) is 1. The maximum absolute atomic E-state index is 12.6. The largest absolute Gasteiger partial charge is 0.349 e. The third kappa shape index (κ3) is 2.77. The van der Waals surface area contributed by atoms with E-state index in [1.165, 1.54) is 47.8 Å². The van der Waals surface area contributed by atoms with Gasteiger partial charge in [0.05, 0.1) is 0 Å². The van der Waals surface area contributed by atoms with Gasteiger partial charge in [0.25, 0.3) is 5.91 Å². The Balaban J connectivity index is 1.83. The number of carbonyl (C=O) groups is 1. The fourth-order valence-electron chi connectivity index (χ4n) is 3.59. The maximum atomic E-state index is 12.6. The molecule has 22 heavy (non-hydrogen) atoms. The highest BCUT2D eigenvalue weighted by Crippen LogP contribution is 2.25. The van der Waals surface area contributed by atoms with Gasteiger partial charge in [-0.25, -0.2) is 0 Å². The summed E-state index contributed by atoms with van der Waals surface area (Å²) in [6, 6.07) is 6.41. The maximum Gasteiger partial charge on any atom is 0.251 e. The number of fused-ring (bicyclic) bond motifs is 1. The van der Waals surface area contributed by atoms with Crippen LogP contribution in [0.5, 0.6) is 0 Å². The monoisotopic (exact) mass is 298 g/mol. The zero-order chi connectivity index (χ0) is 15.7. The Morgan fingerprint density at radius 3 is 2.50 bits per heavy atom. The van der Waals surface area contributed by atoms with Crippen molar-refractivity contribution in [3.63, 3.8) is 0 Å². The lowest BCUT2D eigenvalue weighted by molar-refractivity contribution is 0.0933. The average molecular weight is 298 g/mol. The first-order valence-electron chi connectivity index (χ1n) is 8.44. The SMILES string of the molecule is Cc1c(C)n(C)c2ccc(C(=O)NC3CCCCCC3)cc12. The zero-order valence-electron chi connectivity index (χ0n) is 13.9. The molecular weight excluding hydrogens is 272 g/mol. The van der Waals surface area contributed by atoms with E-state index in [-0.39, 0.29) is 5.91 Å². The molecule has 0 atom stereocenters. The van der Waals surface area contributed by atoms with Gasteiger partial charge in [0, 0.05) is 35.2 Å². The molecule has 1 saturated carbocycles. The lowest BCUT2D eigenvalue weighted by atomic mass is 10.1. The van der Waals surface area contributed by atoms with Crippen LogP contribution in [0.1, 0.15) is 60.1 Å². The van der Waals surface area contributed by atoms with Crippen LogP contribution in [0.25, 0.3) is 10.9 Å². The first kappa shape index (κ1) is 15.1. The van der Waals surface area contributed by atoms with Crippen LogP contribution < -0.4 is 5.32 Å². The molecule has 118 valence electrons. The van der Waals surface area contributed by atoms with Gasteiger partial charge in [0.2, 0.25) is 0 Å². The fourth-order valence-corrected chi connectivity index (χ4v) is 3.59. The number of nitrogens with one attached hydrogen (secondary N) is 1. The molecule has 1 aliphatic carbocycles. The van der Waals surface area contributed by atoms with Crippen molar-refractivity contribution in [2.45, 2.75) is 58.4 Å². The Kier molecular flexibility index (Phi) is 4.23. The molecule has 1 aliphatic rings. The second-order valence-corrected chi connectivity index (χ2v) is 6.66. The van der Waals surface area contributed by atoms with Gasteiger partial charge >= 0.3 is 0 Å². The number of hydrogen-bond donors (Lipinski definition) is 1. The minimum Gasteiger partial charge on any atom is -0.349 e. The number of carbonyl (C=O) groups excluding carboxylic acids is 1. The molecule has 3 heteroatoms. The molecule has 1 heterocycles. The minimum absolute atomic E-state index is 0.0784. The van der Waals surface area contributed by atoms with E-state index < -0.39 is 0 Å². The highest BCUT2D eigenvalue weighted by molar-refractivity contribution is 5.99. The van der Waals surface area contributed by atoms with E-state index in [0.717, 1.165) is 18.4 Å². The third-order valence-corrected chi connectivity index (χ3v) is 5.26. The first-order valence-corrected chi connectivity index (χ1v) is 8.44. The van der Waals surface area contributed by atoms with E-state index in [4.69, 9.17) is 0 Å². The fraction of sp³-hybridized carbons (Fsp3) is 0.526. The quantitative estimate of drug-likeness (QED) is 0.826. The average Bonchev–Trinajstić information content (AvgIpc) is 2.73. The van der Waals surface area contributed by atoms with Gasteiger partial charge in [-0.2, -0.15) is 0 Å². The van der Waals surface area contributed by atoms with Crippen molar-refractivity contribution in [1.29, 1.82) is 0 Å². The van der Waals surface area contributed by atoms with Crippen LogP contribution >= 0.6 is 0 Å². The third-order valence-electron chi connectivity index (χ3n) is 5.26. The Hall–Kier alpha value is -1.77. The summed E-state index contributed by atoms with van der Waals surface area (Å²) in [6.07, 6.45) is 7.33. The smallest absolute Gasteiger partial charge is 0.251 e. The van der Waals surface area contributed by atoms with Gasteiger partial charge in [0.15, 0.2) is 0 Å². The number of rotatable bonds is 2. The van der Waals surface area contributed by atoms with Crippen molar-refractivity contribution < 1.29 is 4.79 Å². The van der Waals surface area contributed by atoms with E-state index in [9.17, 15) is 4.79 Å². The summed E-state index contributed by atoms with van der Waals surface area (Å²) in [4.78, 5) is 12.6. The van der Waals surface area contributed by atoms with Crippen LogP contribution in [-0.2, 0) is 7.05 Å². The Bertz CT molecular complexity index is 691. The molecular formula is C19H26N2O. The summed E-state index contributed by atoms with van der Waals surface area (Å²) in [5, 5.41) is 4.42. The van der Waals surface area contributed by atoms with Gasteiger partial charge in [-0.15, -0.1) is 0 Å². The molecule has 0 bridgehead atoms. The number of aromatic nitrogens is 1. The molecule has 0 unspecified atom stereocenters. The van der Waals surface area contributed by atoms with Gasteiger partial charge in [-0.1, -0.05) is 25.7 Å².